The Hall–Kier alpha value is -3.00. The number of fused-ring (bicyclic) bond motifs is 1. The zero-order valence-electron chi connectivity index (χ0n) is 19.0. The van der Waals surface area contributed by atoms with Gasteiger partial charge in [-0.1, -0.05) is 13.8 Å². The number of amides is 1. The number of aromatic nitrogens is 4. The first-order valence-electron chi connectivity index (χ1n) is 11.2. The minimum absolute atomic E-state index is 0.0393. The van der Waals surface area contributed by atoms with E-state index in [2.05, 4.69) is 25.8 Å². The largest absolute Gasteiger partial charge is 0.477 e. The minimum Gasteiger partial charge on any atom is -0.477 e. The van der Waals surface area contributed by atoms with E-state index < -0.39 is 11.9 Å². The van der Waals surface area contributed by atoms with E-state index in [4.69, 9.17) is 11.5 Å². The number of nitrogens with two attached hydrogens (primary N) is 2. The predicted molar refractivity (Wildman–Crippen MR) is 123 cm³/mol. The Morgan fingerprint density at radius 3 is 2.82 bits per heavy atom. The molecule has 6 N–H and O–H groups in total. The third-order valence-electron chi connectivity index (χ3n) is 6.65. The van der Waals surface area contributed by atoms with Crippen LogP contribution in [-0.4, -0.2) is 84.3 Å². The van der Waals surface area contributed by atoms with Crippen molar-refractivity contribution in [3.63, 3.8) is 0 Å². The van der Waals surface area contributed by atoms with Gasteiger partial charge >= 0.3 is 5.97 Å². The molecule has 1 aromatic heterocycles. The molecule has 0 aliphatic carbocycles. The van der Waals surface area contributed by atoms with Gasteiger partial charge in [-0.15, -0.1) is 16.9 Å². The van der Waals surface area contributed by atoms with Crippen LogP contribution in [0.4, 0.5) is 0 Å². The number of nitrogens with zero attached hydrogens (tertiary/aromatic N) is 6. The van der Waals surface area contributed by atoms with Crippen LogP contribution in [0.3, 0.4) is 0 Å². The van der Waals surface area contributed by atoms with Crippen LogP contribution in [0.25, 0.3) is 0 Å². The Morgan fingerprint density at radius 2 is 2.18 bits per heavy atom. The number of guanidine groups is 1. The van der Waals surface area contributed by atoms with E-state index in [-0.39, 0.29) is 65.5 Å². The monoisotopic (exact) mass is 491 g/mol. The third kappa shape index (κ3) is 4.64. The Morgan fingerprint density at radius 1 is 1.41 bits per heavy atom. The minimum atomic E-state index is -1.10. The van der Waals surface area contributed by atoms with Gasteiger partial charge in [-0.05, 0) is 22.8 Å². The van der Waals surface area contributed by atoms with E-state index in [1.54, 1.807) is 0 Å². The van der Waals surface area contributed by atoms with Crippen molar-refractivity contribution in [1.29, 1.82) is 0 Å². The molecule has 6 atom stereocenters. The van der Waals surface area contributed by atoms with Gasteiger partial charge in [-0.2, -0.15) is 0 Å². The van der Waals surface area contributed by atoms with Crippen LogP contribution < -0.4 is 16.8 Å². The maximum absolute atomic E-state index is 13.0. The summed E-state index contributed by atoms with van der Waals surface area (Å²) >= 11 is 1.52. The lowest BCUT2D eigenvalue weighted by atomic mass is 9.73. The van der Waals surface area contributed by atoms with Crippen LogP contribution in [0.15, 0.2) is 21.9 Å². The molecule has 0 radical (unpaired) electrons. The average molecular weight is 492 g/mol. The summed E-state index contributed by atoms with van der Waals surface area (Å²) in [5.41, 5.74) is 10.9. The predicted octanol–water partition coefficient (Wildman–Crippen LogP) is -1.22. The van der Waals surface area contributed by atoms with Crippen molar-refractivity contribution in [3.05, 3.63) is 16.9 Å². The fraction of sp³-hybridized carbons (Fsp3) is 0.650. The molecule has 0 aromatic carbocycles. The van der Waals surface area contributed by atoms with E-state index >= 15 is 0 Å². The molecule has 13 nitrogen and oxygen atoms in total. The highest BCUT2D eigenvalue weighted by atomic mass is 32.2. The average Bonchev–Trinajstić information content (AvgIpc) is 3.47. The summed E-state index contributed by atoms with van der Waals surface area (Å²) in [6.07, 6.45) is 2.34. The molecule has 1 aromatic rings. The zero-order chi connectivity index (χ0) is 24.6. The molecule has 2 saturated heterocycles. The number of hydrogen-bond acceptors (Lipinski definition) is 9. The highest BCUT2D eigenvalue weighted by molar-refractivity contribution is 8.03. The summed E-state index contributed by atoms with van der Waals surface area (Å²) in [7, 11) is 0. The van der Waals surface area contributed by atoms with Crippen LogP contribution in [0.1, 0.15) is 26.7 Å². The van der Waals surface area contributed by atoms with Crippen LogP contribution in [0.2, 0.25) is 0 Å². The number of rotatable bonds is 10. The molecule has 0 saturated carbocycles. The Kier molecular flexibility index (Phi) is 6.89. The number of carbonyl (C=O) groups excluding carboxylic acids is 2. The first-order valence-corrected chi connectivity index (χ1v) is 12.0. The molecule has 3 aliphatic heterocycles. The first-order chi connectivity index (χ1) is 16.2. The number of carboxylic acid groups (broad SMARTS) is 1. The number of aliphatic carboxylic acids is 1. The van der Waals surface area contributed by atoms with Crippen molar-refractivity contribution in [2.45, 2.75) is 50.6 Å². The van der Waals surface area contributed by atoms with Gasteiger partial charge in [0.15, 0.2) is 11.7 Å². The summed E-state index contributed by atoms with van der Waals surface area (Å²) < 4.78 is 1.34. The number of ketones is 1. The molecule has 4 rings (SSSR count). The lowest BCUT2D eigenvalue weighted by Gasteiger charge is -2.47. The Balaban J connectivity index is 1.42. The number of Topliss-reactive ketones (excluding diaryl/α,β-unsaturated/α-hetero) is 1. The first kappa shape index (κ1) is 24.1. The van der Waals surface area contributed by atoms with E-state index in [1.165, 1.54) is 27.7 Å². The second kappa shape index (κ2) is 9.70. The van der Waals surface area contributed by atoms with Gasteiger partial charge < -0.3 is 26.8 Å². The molecule has 34 heavy (non-hydrogen) atoms. The van der Waals surface area contributed by atoms with Gasteiger partial charge in [0.25, 0.3) is 0 Å². The van der Waals surface area contributed by atoms with E-state index in [9.17, 15) is 19.5 Å². The third-order valence-corrected chi connectivity index (χ3v) is 8.16. The molecule has 3 aliphatic rings. The van der Waals surface area contributed by atoms with Crippen LogP contribution >= 0.6 is 11.8 Å². The number of carboxylic acids is 1. The second-order valence-corrected chi connectivity index (χ2v) is 10.4. The maximum atomic E-state index is 13.0. The van der Waals surface area contributed by atoms with E-state index in [0.717, 1.165) is 11.3 Å². The zero-order valence-corrected chi connectivity index (χ0v) is 19.8. The normalized spacial score (nSPS) is 29.1. The molecule has 184 valence electrons. The molecule has 0 spiro atoms. The highest BCUT2D eigenvalue weighted by Gasteiger charge is 2.60. The van der Waals surface area contributed by atoms with Crippen molar-refractivity contribution in [3.8, 4) is 0 Å². The number of hydrogen-bond donors (Lipinski definition) is 4. The Bertz CT molecular complexity index is 1020. The quantitative estimate of drug-likeness (QED) is 0.174. The number of tetrazole rings is 1. The lowest BCUT2D eigenvalue weighted by Crippen LogP contribution is -2.62. The molecular weight excluding hydrogens is 462 g/mol. The standard InChI is InChI=1S/C20H29N9O4S/c1-9(3-12(30)7-28-8-25-26-27-28)14-15-10(2)17(16(19(32)33)29(15)18(14)31)34-13-4-11(23-6-13)5-24-20(21)22/h8-11,13-15,23H,3-7H2,1-2H3,(H,32,33)(H4,21,22,24)/t9-,10+,11-,13-,14+,15+/m0/s1. The summed E-state index contributed by atoms with van der Waals surface area (Å²) in [6.45, 7) is 5.03. The fourth-order valence-corrected chi connectivity index (χ4v) is 6.68. The molecule has 14 heteroatoms. The molecule has 0 bridgehead atoms. The van der Waals surface area contributed by atoms with Crippen molar-refractivity contribution in [2.24, 2.45) is 34.2 Å². The van der Waals surface area contributed by atoms with Gasteiger partial charge in [-0.25, -0.2) is 9.48 Å². The van der Waals surface area contributed by atoms with Gasteiger partial charge in [-0.3, -0.25) is 14.6 Å². The second-order valence-electron chi connectivity index (χ2n) is 9.11. The van der Waals surface area contributed by atoms with Gasteiger partial charge in [0.2, 0.25) is 5.91 Å². The van der Waals surface area contributed by atoms with E-state index in [1.807, 2.05) is 13.8 Å². The van der Waals surface area contributed by atoms with Crippen molar-refractivity contribution >= 4 is 35.4 Å². The van der Waals surface area contributed by atoms with Gasteiger partial charge in [0.05, 0.1) is 18.5 Å². The summed E-state index contributed by atoms with van der Waals surface area (Å²) in [6, 6.07) is -0.147. The van der Waals surface area contributed by atoms with Gasteiger partial charge in [0, 0.05) is 35.1 Å². The smallest absolute Gasteiger partial charge is 0.353 e. The Labute approximate surface area is 200 Å². The molecule has 1 amide bonds. The SMILES string of the molecule is C[C@@H](CC(=O)Cn1cnnn1)[C@H]1C(=O)N2C(C(=O)O)=C(S[C@@H]3CN[C@H](CN=C(N)N)C3)[C@H](C)[C@H]12. The molecule has 4 heterocycles. The summed E-state index contributed by atoms with van der Waals surface area (Å²) in [5.74, 6) is -2.14. The number of carbonyl (C=O) groups is 3. The molecule has 0 unspecified atom stereocenters. The van der Waals surface area contributed by atoms with E-state index in [0.29, 0.717) is 13.1 Å². The van der Waals surface area contributed by atoms with Crippen LogP contribution in [0.5, 0.6) is 0 Å². The summed E-state index contributed by atoms with van der Waals surface area (Å²) in [5, 5.41) is 24.2. The van der Waals surface area contributed by atoms with Gasteiger partial charge in [0.1, 0.15) is 18.6 Å². The number of β-lactam (4-membered cyclic amide) rings is 1. The van der Waals surface area contributed by atoms with Crippen molar-refractivity contribution in [1.82, 2.24) is 30.4 Å². The van der Waals surface area contributed by atoms with Crippen LogP contribution in [0, 0.1) is 17.8 Å². The highest BCUT2D eigenvalue weighted by Crippen LogP contribution is 2.53. The maximum Gasteiger partial charge on any atom is 0.353 e. The molecule has 2 fully saturated rings. The van der Waals surface area contributed by atoms with Crippen molar-refractivity contribution in [2.75, 3.05) is 13.1 Å². The van der Waals surface area contributed by atoms with Crippen molar-refractivity contribution < 1.29 is 19.5 Å². The number of nitrogens with one attached hydrogen (secondary N) is 1. The molecular formula is C20H29N9O4S. The number of thioether (sulfide) groups is 1. The fourth-order valence-electron chi connectivity index (χ4n) is 5.16. The topological polar surface area (TPSA) is 195 Å². The summed E-state index contributed by atoms with van der Waals surface area (Å²) in [4.78, 5) is 43.8. The lowest BCUT2D eigenvalue weighted by molar-refractivity contribution is -0.160. The number of aliphatic imine (C=N–C) groups is 1. The van der Waals surface area contributed by atoms with Crippen LogP contribution in [-0.2, 0) is 20.9 Å².